The summed E-state index contributed by atoms with van der Waals surface area (Å²) in [6, 6.07) is 14.1. The number of nitrogens with zero attached hydrogens (tertiary/aromatic N) is 4. The molecule has 0 bridgehead atoms. The third-order valence-electron chi connectivity index (χ3n) is 4.27. The molecule has 1 aromatic heterocycles. The highest BCUT2D eigenvalue weighted by atomic mass is 16.2. The predicted molar refractivity (Wildman–Crippen MR) is 98.7 cm³/mol. The fourth-order valence-electron chi connectivity index (χ4n) is 2.48. The van der Waals surface area contributed by atoms with E-state index in [9.17, 15) is 9.59 Å². The van der Waals surface area contributed by atoms with Crippen LogP contribution in [-0.2, 0) is 0 Å². The van der Waals surface area contributed by atoms with Gasteiger partial charge in [-0.05, 0) is 57.2 Å². The molecule has 2 aromatic carbocycles. The molecule has 132 valence electrons. The van der Waals surface area contributed by atoms with Crippen LogP contribution in [-0.4, -0.2) is 26.9 Å². The molecule has 0 aliphatic carbocycles. The molecule has 0 unspecified atom stereocenters. The fraction of sp³-hybridized carbons (Fsp3) is 0.200. The zero-order valence-corrected chi connectivity index (χ0v) is 15.2. The zero-order valence-electron chi connectivity index (χ0n) is 15.2. The average molecular weight is 348 g/mol. The Hall–Kier alpha value is -3.28. The van der Waals surface area contributed by atoms with Crippen molar-refractivity contribution < 1.29 is 9.59 Å². The van der Waals surface area contributed by atoms with Gasteiger partial charge in [-0.1, -0.05) is 35.4 Å². The highest BCUT2D eigenvalue weighted by Gasteiger charge is 2.28. The van der Waals surface area contributed by atoms with Gasteiger partial charge < -0.3 is 0 Å². The summed E-state index contributed by atoms with van der Waals surface area (Å²) in [6.45, 7) is 7.43. The van der Waals surface area contributed by atoms with Gasteiger partial charge in [0.2, 0.25) is 0 Å². The van der Waals surface area contributed by atoms with Crippen LogP contribution in [0, 0.1) is 27.7 Å². The number of imide groups is 1. The normalized spacial score (nSPS) is 10.6. The van der Waals surface area contributed by atoms with Gasteiger partial charge in [0.1, 0.15) is 0 Å². The van der Waals surface area contributed by atoms with E-state index in [1.807, 2.05) is 38.1 Å². The third kappa shape index (κ3) is 3.26. The first-order chi connectivity index (χ1) is 12.4. The molecule has 0 aliphatic heterocycles. The van der Waals surface area contributed by atoms with E-state index in [0.717, 1.165) is 16.1 Å². The molecule has 0 spiro atoms. The first kappa shape index (κ1) is 17.5. The number of aromatic nitrogens is 3. The molecule has 0 saturated heterocycles. The molecule has 1 heterocycles. The lowest BCUT2D eigenvalue weighted by Crippen LogP contribution is -2.46. The summed E-state index contributed by atoms with van der Waals surface area (Å²) in [5.74, 6) is -0.910. The molecule has 3 rings (SSSR count). The van der Waals surface area contributed by atoms with E-state index in [4.69, 9.17) is 0 Å². The highest BCUT2D eigenvalue weighted by Crippen LogP contribution is 2.14. The van der Waals surface area contributed by atoms with E-state index in [-0.39, 0.29) is 0 Å². The van der Waals surface area contributed by atoms with E-state index in [1.54, 1.807) is 38.1 Å². The monoisotopic (exact) mass is 348 g/mol. The second-order valence-electron chi connectivity index (χ2n) is 6.30. The second kappa shape index (κ2) is 6.92. The molecule has 0 aliphatic rings. The molecule has 0 saturated carbocycles. The Kier molecular flexibility index (Phi) is 4.67. The standard InChI is InChI=1S/C20H20N4O2/c1-13-5-9-17(10-6-13)19(25)23(24-16(4)15(3)21-22-24)20(26)18-11-7-14(2)8-12-18/h5-12H,1-4H3. The van der Waals surface area contributed by atoms with Crippen LogP contribution in [0.5, 0.6) is 0 Å². The first-order valence-electron chi connectivity index (χ1n) is 8.30. The van der Waals surface area contributed by atoms with Crippen molar-refractivity contribution in [3.8, 4) is 0 Å². The van der Waals surface area contributed by atoms with Crippen LogP contribution in [0.1, 0.15) is 43.2 Å². The lowest BCUT2D eigenvalue weighted by atomic mass is 10.1. The lowest BCUT2D eigenvalue weighted by molar-refractivity contribution is 0.0846. The number of hydrogen-bond donors (Lipinski definition) is 0. The van der Waals surface area contributed by atoms with Gasteiger partial charge in [-0.2, -0.15) is 5.01 Å². The van der Waals surface area contributed by atoms with Gasteiger partial charge >= 0.3 is 0 Å². The molecule has 6 nitrogen and oxygen atoms in total. The molecule has 3 aromatic rings. The Balaban J connectivity index is 2.08. The van der Waals surface area contributed by atoms with Gasteiger partial charge in [0.05, 0.1) is 11.4 Å². The lowest BCUT2D eigenvalue weighted by Gasteiger charge is -2.21. The Morgan fingerprint density at radius 3 is 1.54 bits per heavy atom. The molecular weight excluding hydrogens is 328 g/mol. The average Bonchev–Trinajstić information content (AvgIpc) is 2.95. The van der Waals surface area contributed by atoms with Crippen molar-refractivity contribution in [2.75, 3.05) is 5.01 Å². The van der Waals surface area contributed by atoms with Gasteiger partial charge in [0, 0.05) is 11.1 Å². The molecular formula is C20H20N4O2. The number of amides is 2. The third-order valence-corrected chi connectivity index (χ3v) is 4.27. The Morgan fingerprint density at radius 2 is 1.19 bits per heavy atom. The minimum Gasteiger partial charge on any atom is -0.267 e. The topological polar surface area (TPSA) is 68.1 Å². The summed E-state index contributed by atoms with van der Waals surface area (Å²) in [4.78, 5) is 27.5. The van der Waals surface area contributed by atoms with Gasteiger partial charge in [0.25, 0.3) is 11.8 Å². The van der Waals surface area contributed by atoms with E-state index in [1.165, 1.54) is 4.79 Å². The van der Waals surface area contributed by atoms with Crippen LogP contribution in [0.25, 0.3) is 0 Å². The fourth-order valence-corrected chi connectivity index (χ4v) is 2.48. The van der Waals surface area contributed by atoms with Crippen molar-refractivity contribution in [2.24, 2.45) is 0 Å². The molecule has 6 heteroatoms. The molecule has 0 N–H and O–H groups in total. The van der Waals surface area contributed by atoms with Crippen molar-refractivity contribution in [3.63, 3.8) is 0 Å². The van der Waals surface area contributed by atoms with Crippen LogP contribution in [0.3, 0.4) is 0 Å². The molecule has 2 amide bonds. The van der Waals surface area contributed by atoms with Gasteiger partial charge in [0.15, 0.2) is 0 Å². The molecule has 0 radical (unpaired) electrons. The zero-order chi connectivity index (χ0) is 18.8. The second-order valence-corrected chi connectivity index (χ2v) is 6.30. The molecule has 0 fully saturated rings. The van der Waals surface area contributed by atoms with Crippen LogP contribution < -0.4 is 5.01 Å². The summed E-state index contributed by atoms with van der Waals surface area (Å²) in [7, 11) is 0. The minimum absolute atomic E-state index is 0.406. The van der Waals surface area contributed by atoms with E-state index in [2.05, 4.69) is 10.3 Å². The van der Waals surface area contributed by atoms with Crippen molar-refractivity contribution in [1.82, 2.24) is 15.1 Å². The maximum absolute atomic E-state index is 13.1. The number of carbonyl (C=O) groups excluding carboxylic acids is 2. The van der Waals surface area contributed by atoms with E-state index < -0.39 is 11.8 Å². The predicted octanol–water partition coefficient (Wildman–Crippen LogP) is 3.13. The number of hydrogen-bond acceptors (Lipinski definition) is 4. The number of rotatable bonds is 3. The maximum atomic E-state index is 13.1. The van der Waals surface area contributed by atoms with Crippen LogP contribution in [0.4, 0.5) is 0 Å². The number of carbonyl (C=O) groups is 2. The quantitative estimate of drug-likeness (QED) is 0.682. The number of aryl methyl sites for hydroxylation is 3. The largest absolute Gasteiger partial charge is 0.281 e. The summed E-state index contributed by atoms with van der Waals surface area (Å²) in [5.41, 5.74) is 4.16. The Bertz CT molecular complexity index is 899. The van der Waals surface area contributed by atoms with Crippen molar-refractivity contribution >= 4 is 11.8 Å². The summed E-state index contributed by atoms with van der Waals surface area (Å²) in [5, 5.41) is 9.01. The maximum Gasteiger partial charge on any atom is 0.281 e. The molecule has 26 heavy (non-hydrogen) atoms. The van der Waals surface area contributed by atoms with Crippen LogP contribution in [0.15, 0.2) is 48.5 Å². The van der Waals surface area contributed by atoms with Crippen molar-refractivity contribution in [2.45, 2.75) is 27.7 Å². The summed E-state index contributed by atoms with van der Waals surface area (Å²) < 4.78 is 0. The Morgan fingerprint density at radius 1 is 0.769 bits per heavy atom. The van der Waals surface area contributed by atoms with Crippen LogP contribution >= 0.6 is 0 Å². The SMILES string of the molecule is Cc1ccc(C(=O)N(C(=O)c2ccc(C)cc2)n2nnc(C)c2C)cc1. The smallest absolute Gasteiger partial charge is 0.267 e. The van der Waals surface area contributed by atoms with Gasteiger partial charge in [-0.25, -0.2) is 0 Å². The first-order valence-corrected chi connectivity index (χ1v) is 8.30. The highest BCUT2D eigenvalue weighted by molar-refractivity contribution is 6.20. The van der Waals surface area contributed by atoms with Gasteiger partial charge in [-0.15, -0.1) is 9.89 Å². The van der Waals surface area contributed by atoms with Crippen molar-refractivity contribution in [3.05, 3.63) is 82.2 Å². The van der Waals surface area contributed by atoms with Gasteiger partial charge in [-0.3, -0.25) is 9.59 Å². The Labute approximate surface area is 152 Å². The number of benzene rings is 2. The summed E-state index contributed by atoms with van der Waals surface area (Å²) >= 11 is 0. The van der Waals surface area contributed by atoms with E-state index in [0.29, 0.717) is 22.5 Å². The van der Waals surface area contributed by atoms with Crippen LogP contribution in [0.2, 0.25) is 0 Å². The van der Waals surface area contributed by atoms with E-state index >= 15 is 0 Å². The van der Waals surface area contributed by atoms with Crippen molar-refractivity contribution in [1.29, 1.82) is 0 Å². The minimum atomic E-state index is -0.455. The summed E-state index contributed by atoms with van der Waals surface area (Å²) in [6.07, 6.45) is 0. The molecule has 0 atom stereocenters.